The quantitative estimate of drug-likeness (QED) is 0.845. The Morgan fingerprint density at radius 3 is 2.26 bits per heavy atom. The molecule has 0 aromatic carbocycles. The van der Waals surface area contributed by atoms with E-state index in [1.54, 1.807) is 0 Å². The summed E-state index contributed by atoms with van der Waals surface area (Å²) in [6.07, 6.45) is -3.22. The molecule has 0 fully saturated rings. The second-order valence-corrected chi connectivity index (χ2v) is 4.11. The molecule has 0 amide bonds. The summed E-state index contributed by atoms with van der Waals surface area (Å²) in [5, 5.41) is 16.9. The Morgan fingerprint density at radius 1 is 1.21 bits per heavy atom. The molecule has 1 rings (SSSR count). The molecule has 1 heterocycles. The highest BCUT2D eigenvalue weighted by molar-refractivity contribution is 5.57. The van der Waals surface area contributed by atoms with Gasteiger partial charge in [0.2, 0.25) is 0 Å². The van der Waals surface area contributed by atoms with Crippen molar-refractivity contribution >= 4 is 5.82 Å². The number of aryl methyl sites for hydroxylation is 1. The molecule has 0 saturated carbocycles. The van der Waals surface area contributed by atoms with Crippen LogP contribution in [0.4, 0.5) is 19.0 Å². The zero-order valence-corrected chi connectivity index (χ0v) is 11.0. The van der Waals surface area contributed by atoms with Crippen molar-refractivity contribution in [3.63, 3.8) is 0 Å². The van der Waals surface area contributed by atoms with Crippen LogP contribution in [0, 0.1) is 11.3 Å². The van der Waals surface area contributed by atoms with Crippen molar-refractivity contribution in [2.75, 3.05) is 18.5 Å². The Balaban J connectivity index is 3.26. The van der Waals surface area contributed by atoms with Crippen LogP contribution in [-0.4, -0.2) is 30.0 Å². The van der Waals surface area contributed by atoms with Crippen molar-refractivity contribution in [1.82, 2.24) is 10.2 Å². The van der Waals surface area contributed by atoms with Crippen LogP contribution >= 0.6 is 0 Å². The van der Waals surface area contributed by atoms with E-state index in [4.69, 9.17) is 0 Å². The molecule has 0 radical (unpaired) electrons. The molecule has 7 heteroatoms. The van der Waals surface area contributed by atoms with Crippen molar-refractivity contribution in [2.45, 2.75) is 32.9 Å². The predicted molar refractivity (Wildman–Crippen MR) is 64.8 cm³/mol. The maximum Gasteiger partial charge on any atom is 0.405 e. The van der Waals surface area contributed by atoms with Gasteiger partial charge in [-0.2, -0.15) is 23.5 Å². The molecular weight excluding hydrogens is 257 g/mol. The van der Waals surface area contributed by atoms with E-state index in [-0.39, 0.29) is 11.4 Å². The van der Waals surface area contributed by atoms with Crippen molar-refractivity contribution in [3.8, 4) is 6.07 Å². The third-order valence-electron chi connectivity index (χ3n) is 2.72. The van der Waals surface area contributed by atoms with Crippen LogP contribution in [0.5, 0.6) is 0 Å². The molecule has 0 N–H and O–H groups in total. The smallest absolute Gasteiger partial charge is 0.348 e. The van der Waals surface area contributed by atoms with Crippen LogP contribution in [0.1, 0.15) is 30.7 Å². The van der Waals surface area contributed by atoms with E-state index in [2.05, 4.69) is 10.2 Å². The Morgan fingerprint density at radius 2 is 1.84 bits per heavy atom. The number of alkyl halides is 3. The molecule has 0 bridgehead atoms. The molecule has 19 heavy (non-hydrogen) atoms. The van der Waals surface area contributed by atoms with E-state index in [0.717, 1.165) is 4.90 Å². The Hall–Kier alpha value is -1.84. The van der Waals surface area contributed by atoms with Gasteiger partial charge in [0.25, 0.3) is 0 Å². The van der Waals surface area contributed by atoms with Gasteiger partial charge in [-0.3, -0.25) is 0 Å². The van der Waals surface area contributed by atoms with E-state index in [0.29, 0.717) is 24.1 Å². The van der Waals surface area contributed by atoms with Crippen molar-refractivity contribution in [2.24, 2.45) is 0 Å². The number of halogens is 3. The second-order valence-electron chi connectivity index (χ2n) is 4.11. The summed E-state index contributed by atoms with van der Waals surface area (Å²) in [6.45, 7) is 2.54. The first kappa shape index (κ1) is 15.2. The first-order chi connectivity index (χ1) is 8.84. The SMILES string of the molecule is CCc1nnc(N(C)CC(F)(F)F)c(C#N)c1CC. The second kappa shape index (κ2) is 5.87. The number of rotatable bonds is 4. The molecule has 0 aliphatic rings. The first-order valence-electron chi connectivity index (χ1n) is 5.90. The largest absolute Gasteiger partial charge is 0.405 e. The van der Waals surface area contributed by atoms with Crippen molar-refractivity contribution in [3.05, 3.63) is 16.8 Å². The Labute approximate surface area is 109 Å². The number of aromatic nitrogens is 2. The van der Waals surface area contributed by atoms with E-state index in [9.17, 15) is 18.4 Å². The number of nitriles is 1. The van der Waals surface area contributed by atoms with Gasteiger partial charge in [-0.05, 0) is 18.4 Å². The molecule has 0 saturated heterocycles. The fourth-order valence-electron chi connectivity index (χ4n) is 1.89. The van der Waals surface area contributed by atoms with Crippen LogP contribution in [0.3, 0.4) is 0 Å². The minimum Gasteiger partial charge on any atom is -0.348 e. The predicted octanol–water partition coefficient (Wildman–Crippen LogP) is 2.47. The fourth-order valence-corrected chi connectivity index (χ4v) is 1.89. The molecule has 0 aliphatic heterocycles. The van der Waals surface area contributed by atoms with Gasteiger partial charge in [0.05, 0.1) is 5.69 Å². The summed E-state index contributed by atoms with van der Waals surface area (Å²) in [4.78, 5) is 0.907. The first-order valence-corrected chi connectivity index (χ1v) is 5.90. The van der Waals surface area contributed by atoms with Gasteiger partial charge >= 0.3 is 6.18 Å². The van der Waals surface area contributed by atoms with E-state index < -0.39 is 12.7 Å². The zero-order valence-electron chi connectivity index (χ0n) is 11.0. The number of nitrogens with zero attached hydrogens (tertiary/aromatic N) is 4. The van der Waals surface area contributed by atoms with Crippen LogP contribution in [0.2, 0.25) is 0 Å². The summed E-state index contributed by atoms with van der Waals surface area (Å²) in [7, 11) is 1.25. The third-order valence-corrected chi connectivity index (χ3v) is 2.72. The van der Waals surface area contributed by atoms with Crippen molar-refractivity contribution < 1.29 is 13.2 Å². The van der Waals surface area contributed by atoms with E-state index in [1.165, 1.54) is 7.05 Å². The molecule has 0 unspecified atom stereocenters. The number of hydrogen-bond acceptors (Lipinski definition) is 4. The maximum atomic E-state index is 12.4. The number of anilines is 1. The zero-order chi connectivity index (χ0) is 14.6. The van der Waals surface area contributed by atoms with Gasteiger partial charge in [0, 0.05) is 7.05 Å². The molecule has 0 atom stereocenters. The van der Waals surface area contributed by atoms with Gasteiger partial charge < -0.3 is 4.90 Å². The summed E-state index contributed by atoms with van der Waals surface area (Å²) in [5.74, 6) is -0.0196. The molecule has 0 spiro atoms. The molecular formula is C12H15F3N4. The lowest BCUT2D eigenvalue weighted by atomic mass is 10.0. The molecule has 104 valence electrons. The minimum atomic E-state index is -4.35. The average Bonchev–Trinajstić information content (AvgIpc) is 2.34. The summed E-state index contributed by atoms with van der Waals surface area (Å²) in [6, 6.07) is 1.94. The van der Waals surface area contributed by atoms with Crippen LogP contribution in [0.25, 0.3) is 0 Å². The average molecular weight is 272 g/mol. The lowest BCUT2D eigenvalue weighted by Crippen LogP contribution is -2.32. The molecule has 1 aromatic rings. The van der Waals surface area contributed by atoms with E-state index >= 15 is 0 Å². The highest BCUT2D eigenvalue weighted by Crippen LogP contribution is 2.25. The molecule has 4 nitrogen and oxygen atoms in total. The van der Waals surface area contributed by atoms with Crippen LogP contribution < -0.4 is 4.90 Å². The van der Waals surface area contributed by atoms with Crippen molar-refractivity contribution in [1.29, 1.82) is 5.26 Å². The Kier molecular flexibility index (Phi) is 4.70. The monoisotopic (exact) mass is 272 g/mol. The van der Waals surface area contributed by atoms with E-state index in [1.807, 2.05) is 19.9 Å². The van der Waals surface area contributed by atoms with Gasteiger partial charge in [0.15, 0.2) is 5.82 Å². The summed E-state index contributed by atoms with van der Waals surface area (Å²) < 4.78 is 37.1. The van der Waals surface area contributed by atoms with Crippen LogP contribution in [0.15, 0.2) is 0 Å². The summed E-state index contributed by atoms with van der Waals surface area (Å²) in [5.41, 5.74) is 1.51. The highest BCUT2D eigenvalue weighted by atomic mass is 19.4. The third kappa shape index (κ3) is 3.56. The molecule has 0 aliphatic carbocycles. The summed E-state index contributed by atoms with van der Waals surface area (Å²) >= 11 is 0. The lowest BCUT2D eigenvalue weighted by Gasteiger charge is -2.21. The lowest BCUT2D eigenvalue weighted by molar-refractivity contribution is -0.119. The maximum absolute atomic E-state index is 12.4. The number of hydrogen-bond donors (Lipinski definition) is 0. The standard InChI is InChI=1S/C12H15F3N4/c1-4-8-9(6-16)11(18-17-10(8)5-2)19(3)7-12(13,14)15/h4-5,7H2,1-3H3. The highest BCUT2D eigenvalue weighted by Gasteiger charge is 2.31. The van der Waals surface area contributed by atoms with Crippen LogP contribution in [-0.2, 0) is 12.8 Å². The van der Waals surface area contributed by atoms with Gasteiger partial charge in [-0.25, -0.2) is 0 Å². The van der Waals surface area contributed by atoms with Gasteiger partial charge in [-0.1, -0.05) is 13.8 Å². The van der Waals surface area contributed by atoms with Gasteiger partial charge in [-0.15, -0.1) is 5.10 Å². The van der Waals surface area contributed by atoms with Gasteiger partial charge in [0.1, 0.15) is 18.2 Å². The topological polar surface area (TPSA) is 52.8 Å². The minimum absolute atomic E-state index is 0.0196. The normalized spacial score (nSPS) is 11.2. The Bertz CT molecular complexity index is 491. The fraction of sp³-hybridized carbons (Fsp3) is 0.583. The molecule has 1 aromatic heterocycles.